The summed E-state index contributed by atoms with van der Waals surface area (Å²) < 4.78 is 18.0. The Labute approximate surface area is 188 Å². The molecule has 1 fully saturated rings. The number of benzene rings is 2. The second-order valence-corrected chi connectivity index (χ2v) is 8.50. The van der Waals surface area contributed by atoms with E-state index in [4.69, 9.17) is 19.3 Å². The Morgan fingerprint density at radius 1 is 1.19 bits per heavy atom. The molecule has 168 valence electrons. The lowest BCUT2D eigenvalue weighted by molar-refractivity contribution is -0.159. The Kier molecular flexibility index (Phi) is 5.19. The van der Waals surface area contributed by atoms with E-state index in [0.29, 0.717) is 32.5 Å². The summed E-state index contributed by atoms with van der Waals surface area (Å²) in [6.45, 7) is 5.49. The number of ether oxygens (including phenoxy) is 3. The fourth-order valence-electron chi connectivity index (χ4n) is 5.00. The maximum absolute atomic E-state index is 11.9. The highest BCUT2D eigenvalue weighted by Gasteiger charge is 2.52. The summed E-state index contributed by atoms with van der Waals surface area (Å²) in [5.41, 5.74) is 2.62. The topological polar surface area (TPSA) is 63.6 Å². The van der Waals surface area contributed by atoms with Crippen LogP contribution in [0.25, 0.3) is 0 Å². The summed E-state index contributed by atoms with van der Waals surface area (Å²) in [5.74, 6) is 2.52. The van der Waals surface area contributed by atoms with Crippen LogP contribution in [0.3, 0.4) is 0 Å². The largest absolute Gasteiger partial charge is 0.497 e. The highest BCUT2D eigenvalue weighted by molar-refractivity contribution is 6.02. The molecule has 2 aromatic carbocycles. The number of fused-ring (bicyclic) bond motifs is 4. The van der Waals surface area contributed by atoms with Gasteiger partial charge in [0.1, 0.15) is 5.75 Å². The molecule has 0 N–H and O–H groups in total. The third kappa shape index (κ3) is 3.36. The van der Waals surface area contributed by atoms with E-state index in [0.717, 1.165) is 40.5 Å². The lowest BCUT2D eigenvalue weighted by Gasteiger charge is -2.51. The number of piperidine rings is 1. The van der Waals surface area contributed by atoms with E-state index in [9.17, 15) is 4.79 Å². The van der Waals surface area contributed by atoms with Gasteiger partial charge in [-0.1, -0.05) is 12.1 Å². The average Bonchev–Trinajstić information content (AvgIpc) is 3.27. The number of nitrogens with zero attached hydrogens (tertiary/aromatic N) is 3. The fraction of sp³-hybridized carbons (Fsp3) is 0.440. The number of likely N-dealkylation sites (tertiary alicyclic amines) is 1. The monoisotopic (exact) mass is 435 g/mol. The molecule has 3 aliphatic rings. The van der Waals surface area contributed by atoms with Gasteiger partial charge in [0.05, 0.1) is 25.5 Å². The highest BCUT2D eigenvalue weighted by Crippen LogP contribution is 2.52. The van der Waals surface area contributed by atoms with Crippen molar-refractivity contribution in [1.29, 1.82) is 0 Å². The lowest BCUT2D eigenvalue weighted by atomic mass is 9.90. The first-order valence-electron chi connectivity index (χ1n) is 11.3. The molecule has 0 radical (unpaired) electrons. The van der Waals surface area contributed by atoms with Crippen LogP contribution in [-0.4, -0.2) is 54.1 Å². The smallest absolute Gasteiger partial charge is 0.219 e. The summed E-state index contributed by atoms with van der Waals surface area (Å²) in [6.07, 6.45) is 2.18. The third-order valence-electron chi connectivity index (χ3n) is 6.70. The third-order valence-corrected chi connectivity index (χ3v) is 6.70. The molecule has 2 aromatic rings. The van der Waals surface area contributed by atoms with Gasteiger partial charge in [-0.15, -0.1) is 0 Å². The molecule has 1 spiro atoms. The summed E-state index contributed by atoms with van der Waals surface area (Å²) in [4.78, 5) is 13.8. The Bertz CT molecular complexity index is 1040. The first kappa shape index (κ1) is 20.7. The van der Waals surface area contributed by atoms with Crippen molar-refractivity contribution in [2.24, 2.45) is 5.10 Å². The molecule has 32 heavy (non-hydrogen) atoms. The fourth-order valence-corrected chi connectivity index (χ4v) is 5.00. The number of hydrogen-bond acceptors (Lipinski definition) is 6. The van der Waals surface area contributed by atoms with Crippen molar-refractivity contribution in [2.45, 2.75) is 44.9 Å². The molecule has 0 bridgehead atoms. The number of carbonyl (C=O) groups is 1. The Morgan fingerprint density at radius 3 is 2.59 bits per heavy atom. The van der Waals surface area contributed by atoms with Crippen molar-refractivity contribution in [3.63, 3.8) is 0 Å². The van der Waals surface area contributed by atoms with Gasteiger partial charge < -0.3 is 19.1 Å². The van der Waals surface area contributed by atoms with Gasteiger partial charge in [-0.25, -0.2) is 5.01 Å². The number of hydrogen-bond donors (Lipinski definition) is 0. The molecule has 5 rings (SSSR count). The minimum atomic E-state index is -0.592. The Balaban J connectivity index is 1.55. The normalized spacial score (nSPS) is 20.8. The number of carbonyl (C=O) groups excluding carboxylic acids is 1. The summed E-state index contributed by atoms with van der Waals surface area (Å²) >= 11 is 0. The minimum Gasteiger partial charge on any atom is -0.497 e. The zero-order valence-electron chi connectivity index (χ0n) is 18.8. The van der Waals surface area contributed by atoms with Crippen molar-refractivity contribution in [2.75, 3.05) is 26.8 Å². The molecular weight excluding hydrogens is 406 g/mol. The van der Waals surface area contributed by atoms with Crippen molar-refractivity contribution >= 4 is 11.6 Å². The molecule has 0 unspecified atom stereocenters. The molecule has 0 aliphatic carbocycles. The first-order chi connectivity index (χ1) is 15.5. The predicted octanol–water partition coefficient (Wildman–Crippen LogP) is 3.98. The van der Waals surface area contributed by atoms with Crippen molar-refractivity contribution < 1.29 is 19.0 Å². The second kappa shape index (κ2) is 8.04. The number of methoxy groups -OCH3 is 1. The van der Waals surface area contributed by atoms with Crippen LogP contribution >= 0.6 is 0 Å². The SMILES string of the molecule is CCOc1cccc2c1OC1(CCN(C(C)=O)CC1)N1N=C(c3ccc(OC)cc3)C[C@@H]21. The van der Waals surface area contributed by atoms with E-state index in [1.165, 1.54) is 0 Å². The zero-order valence-corrected chi connectivity index (χ0v) is 18.8. The van der Waals surface area contributed by atoms with E-state index < -0.39 is 5.72 Å². The van der Waals surface area contributed by atoms with Crippen LogP contribution in [0.15, 0.2) is 47.6 Å². The van der Waals surface area contributed by atoms with Crippen molar-refractivity contribution in [1.82, 2.24) is 9.91 Å². The summed E-state index contributed by atoms with van der Waals surface area (Å²) in [7, 11) is 1.67. The van der Waals surface area contributed by atoms with Crippen LogP contribution in [0.5, 0.6) is 17.2 Å². The zero-order chi connectivity index (χ0) is 22.3. The molecule has 7 heteroatoms. The molecule has 3 heterocycles. The summed E-state index contributed by atoms with van der Waals surface area (Å²) in [6, 6.07) is 14.2. The van der Waals surface area contributed by atoms with Gasteiger partial charge in [0.15, 0.2) is 11.5 Å². The van der Waals surface area contributed by atoms with Crippen molar-refractivity contribution in [3.05, 3.63) is 53.6 Å². The first-order valence-corrected chi connectivity index (χ1v) is 11.3. The maximum atomic E-state index is 11.9. The van der Waals surface area contributed by atoms with Gasteiger partial charge in [-0.05, 0) is 42.8 Å². The molecular formula is C25H29N3O4. The molecule has 1 atom stereocenters. The quantitative estimate of drug-likeness (QED) is 0.727. The van der Waals surface area contributed by atoms with Gasteiger partial charge in [-0.3, -0.25) is 4.79 Å². The van der Waals surface area contributed by atoms with Crippen LogP contribution in [0, 0.1) is 0 Å². The van der Waals surface area contributed by atoms with E-state index in [2.05, 4.69) is 23.2 Å². The standard InChI is InChI=1S/C25H29N3O4/c1-4-31-23-7-5-6-20-22-16-21(18-8-10-19(30-3)11-9-18)26-28(22)25(32-24(20)23)12-14-27(15-13-25)17(2)29/h5-11,22H,4,12-16H2,1-3H3/t22-/m0/s1. The Hall–Kier alpha value is -3.22. The van der Waals surface area contributed by atoms with Crippen LogP contribution in [0.1, 0.15) is 50.3 Å². The molecule has 1 amide bonds. The van der Waals surface area contributed by atoms with Crippen LogP contribution in [0.2, 0.25) is 0 Å². The molecule has 0 aromatic heterocycles. The van der Waals surface area contributed by atoms with Gasteiger partial charge in [0.2, 0.25) is 11.6 Å². The van der Waals surface area contributed by atoms with Gasteiger partial charge in [0.25, 0.3) is 0 Å². The number of para-hydroxylation sites is 1. The average molecular weight is 436 g/mol. The van der Waals surface area contributed by atoms with Crippen LogP contribution in [-0.2, 0) is 4.79 Å². The molecule has 3 aliphatic heterocycles. The van der Waals surface area contributed by atoms with Crippen LogP contribution in [0.4, 0.5) is 0 Å². The lowest BCUT2D eigenvalue weighted by Crippen LogP contribution is -2.59. The van der Waals surface area contributed by atoms with Crippen LogP contribution < -0.4 is 14.2 Å². The molecule has 1 saturated heterocycles. The highest BCUT2D eigenvalue weighted by atomic mass is 16.6. The van der Waals surface area contributed by atoms with Gasteiger partial charge >= 0.3 is 0 Å². The van der Waals surface area contributed by atoms with E-state index in [1.54, 1.807) is 14.0 Å². The maximum Gasteiger partial charge on any atom is 0.219 e. The van der Waals surface area contributed by atoms with E-state index in [1.807, 2.05) is 36.1 Å². The predicted molar refractivity (Wildman–Crippen MR) is 121 cm³/mol. The number of rotatable bonds is 4. The molecule has 0 saturated carbocycles. The Morgan fingerprint density at radius 2 is 1.94 bits per heavy atom. The number of amides is 1. The van der Waals surface area contributed by atoms with Gasteiger partial charge in [-0.2, -0.15) is 5.10 Å². The molecule has 7 nitrogen and oxygen atoms in total. The second-order valence-electron chi connectivity index (χ2n) is 8.50. The van der Waals surface area contributed by atoms with E-state index >= 15 is 0 Å². The van der Waals surface area contributed by atoms with E-state index in [-0.39, 0.29) is 11.9 Å². The van der Waals surface area contributed by atoms with Crippen molar-refractivity contribution in [3.8, 4) is 17.2 Å². The van der Waals surface area contributed by atoms with Gasteiger partial charge in [0, 0.05) is 44.8 Å². The number of hydrazone groups is 1. The minimum absolute atomic E-state index is 0.0696. The summed E-state index contributed by atoms with van der Waals surface area (Å²) in [5, 5.41) is 7.25.